The zero-order valence-electron chi connectivity index (χ0n) is 6.82. The van der Waals surface area contributed by atoms with Gasteiger partial charge in [-0.15, -0.1) is 6.58 Å². The number of β-lactam (4-membered cyclic amide) rings is 1. The molecule has 0 radical (unpaired) electrons. The van der Waals surface area contributed by atoms with Gasteiger partial charge >= 0.3 is 0 Å². The Morgan fingerprint density at radius 1 is 1.82 bits per heavy atom. The number of hydrogen-bond donors (Lipinski definition) is 1. The van der Waals surface area contributed by atoms with E-state index in [4.69, 9.17) is 5.11 Å². The lowest BCUT2D eigenvalue weighted by molar-refractivity contribution is -0.156. The van der Waals surface area contributed by atoms with Crippen LogP contribution in [-0.2, 0) is 4.79 Å². The van der Waals surface area contributed by atoms with Crippen molar-refractivity contribution in [3.05, 3.63) is 12.7 Å². The molecule has 1 N–H and O–H groups in total. The largest absolute Gasteiger partial charge is 0.392 e. The molecule has 1 aliphatic heterocycles. The van der Waals surface area contributed by atoms with Crippen molar-refractivity contribution >= 4 is 5.91 Å². The summed E-state index contributed by atoms with van der Waals surface area (Å²) in [6.45, 7) is 5.23. The van der Waals surface area contributed by atoms with E-state index in [0.29, 0.717) is 0 Å². The van der Waals surface area contributed by atoms with E-state index in [2.05, 4.69) is 6.58 Å². The van der Waals surface area contributed by atoms with Gasteiger partial charge in [0.2, 0.25) is 5.91 Å². The molecule has 0 aliphatic carbocycles. The molecule has 1 amide bonds. The molecule has 3 heteroatoms. The summed E-state index contributed by atoms with van der Waals surface area (Å²) < 4.78 is 0. The standard InChI is InChI=1S/C8H13NO2/c1-4-6-7(5(2)10)8(11)9(6)3/h4-7,10H,1H2,2-3H3/t5-,6-,7-/m1/s1. The van der Waals surface area contributed by atoms with Crippen LogP contribution in [0.3, 0.4) is 0 Å². The second-order valence-corrected chi connectivity index (χ2v) is 2.94. The van der Waals surface area contributed by atoms with E-state index in [9.17, 15) is 4.79 Å². The number of likely N-dealkylation sites (tertiary alicyclic amines) is 1. The van der Waals surface area contributed by atoms with Gasteiger partial charge in [-0.1, -0.05) is 6.08 Å². The molecule has 62 valence electrons. The molecule has 11 heavy (non-hydrogen) atoms. The Hall–Kier alpha value is -0.830. The molecule has 0 unspecified atom stereocenters. The van der Waals surface area contributed by atoms with Crippen LogP contribution in [0, 0.1) is 5.92 Å². The molecule has 0 aromatic rings. The normalized spacial score (nSPS) is 33.0. The third-order valence-corrected chi connectivity index (χ3v) is 2.21. The molecule has 0 aromatic carbocycles. The lowest BCUT2D eigenvalue weighted by Crippen LogP contribution is -2.61. The van der Waals surface area contributed by atoms with Crippen molar-refractivity contribution < 1.29 is 9.90 Å². The van der Waals surface area contributed by atoms with Crippen molar-refractivity contribution in [2.45, 2.75) is 19.1 Å². The summed E-state index contributed by atoms with van der Waals surface area (Å²) >= 11 is 0. The number of aliphatic hydroxyl groups is 1. The van der Waals surface area contributed by atoms with E-state index in [-0.39, 0.29) is 17.9 Å². The van der Waals surface area contributed by atoms with E-state index in [1.807, 2.05) is 0 Å². The minimum atomic E-state index is -0.568. The molecule has 3 atom stereocenters. The number of rotatable bonds is 2. The topological polar surface area (TPSA) is 40.5 Å². The van der Waals surface area contributed by atoms with Crippen LogP contribution in [0.25, 0.3) is 0 Å². The van der Waals surface area contributed by atoms with Crippen LogP contribution < -0.4 is 0 Å². The fourth-order valence-corrected chi connectivity index (χ4v) is 1.48. The molecular weight excluding hydrogens is 142 g/mol. The fourth-order valence-electron chi connectivity index (χ4n) is 1.48. The molecule has 1 rings (SSSR count). The van der Waals surface area contributed by atoms with Crippen LogP contribution in [0.4, 0.5) is 0 Å². The summed E-state index contributed by atoms with van der Waals surface area (Å²) in [5, 5.41) is 9.17. The van der Waals surface area contributed by atoms with Gasteiger partial charge in [-0.3, -0.25) is 4.79 Å². The van der Waals surface area contributed by atoms with Crippen molar-refractivity contribution in [1.82, 2.24) is 4.90 Å². The smallest absolute Gasteiger partial charge is 0.230 e. The van der Waals surface area contributed by atoms with Crippen LogP contribution in [0.5, 0.6) is 0 Å². The Balaban J connectivity index is 2.67. The highest BCUT2D eigenvalue weighted by Crippen LogP contribution is 2.28. The number of carbonyl (C=O) groups is 1. The molecule has 0 spiro atoms. The van der Waals surface area contributed by atoms with Crippen LogP contribution in [0.1, 0.15) is 6.92 Å². The Bertz CT molecular complexity index is 189. The van der Waals surface area contributed by atoms with Gasteiger partial charge in [-0.2, -0.15) is 0 Å². The summed E-state index contributed by atoms with van der Waals surface area (Å²) in [6.07, 6.45) is 1.13. The average molecular weight is 155 g/mol. The highest BCUT2D eigenvalue weighted by Gasteiger charge is 2.45. The SMILES string of the molecule is C=C[C@@H]1[C@@H]([C@@H](C)O)C(=O)N1C. The summed E-state index contributed by atoms with van der Waals surface area (Å²) in [5.74, 6) is -0.262. The third-order valence-electron chi connectivity index (χ3n) is 2.21. The molecule has 1 heterocycles. The second-order valence-electron chi connectivity index (χ2n) is 2.94. The molecule has 0 aromatic heterocycles. The number of nitrogens with zero attached hydrogens (tertiary/aromatic N) is 1. The number of aliphatic hydroxyl groups excluding tert-OH is 1. The third kappa shape index (κ3) is 1.05. The quantitative estimate of drug-likeness (QED) is 0.451. The van der Waals surface area contributed by atoms with Gasteiger partial charge in [-0.25, -0.2) is 0 Å². The lowest BCUT2D eigenvalue weighted by Gasteiger charge is -2.44. The number of carbonyl (C=O) groups excluding carboxylic acids is 1. The van der Waals surface area contributed by atoms with Crippen LogP contribution in [0.15, 0.2) is 12.7 Å². The molecule has 1 fully saturated rings. The monoisotopic (exact) mass is 155 g/mol. The van der Waals surface area contributed by atoms with Crippen LogP contribution >= 0.6 is 0 Å². The van der Waals surface area contributed by atoms with Gasteiger partial charge in [0.05, 0.1) is 18.1 Å². The van der Waals surface area contributed by atoms with Crippen LogP contribution in [0.2, 0.25) is 0 Å². The molecule has 0 bridgehead atoms. The van der Waals surface area contributed by atoms with E-state index < -0.39 is 6.10 Å². The highest BCUT2D eigenvalue weighted by atomic mass is 16.3. The summed E-state index contributed by atoms with van der Waals surface area (Å²) in [6, 6.07) is 0.0162. The average Bonchev–Trinajstić information content (AvgIpc) is 1.96. The van der Waals surface area contributed by atoms with E-state index >= 15 is 0 Å². The van der Waals surface area contributed by atoms with Crippen molar-refractivity contribution in [2.24, 2.45) is 5.92 Å². The highest BCUT2D eigenvalue weighted by molar-refractivity contribution is 5.87. The molecular formula is C8H13NO2. The Morgan fingerprint density at radius 2 is 2.36 bits per heavy atom. The Morgan fingerprint density at radius 3 is 2.64 bits per heavy atom. The number of hydrogen-bond acceptors (Lipinski definition) is 2. The van der Waals surface area contributed by atoms with Gasteiger partial charge < -0.3 is 10.0 Å². The van der Waals surface area contributed by atoms with E-state index in [1.54, 1.807) is 24.9 Å². The van der Waals surface area contributed by atoms with Gasteiger partial charge in [0.25, 0.3) is 0 Å². The van der Waals surface area contributed by atoms with Crippen LogP contribution in [-0.4, -0.2) is 35.1 Å². The maximum atomic E-state index is 11.1. The number of likely N-dealkylation sites (N-methyl/N-ethyl adjacent to an activating group) is 1. The first-order chi connectivity index (χ1) is 5.09. The second kappa shape index (κ2) is 2.66. The van der Waals surface area contributed by atoms with Gasteiger partial charge in [-0.05, 0) is 6.92 Å². The maximum Gasteiger partial charge on any atom is 0.230 e. The van der Waals surface area contributed by atoms with Crippen molar-refractivity contribution in [3.8, 4) is 0 Å². The Labute approximate surface area is 66.3 Å². The molecule has 1 saturated heterocycles. The summed E-state index contributed by atoms with van der Waals surface area (Å²) in [4.78, 5) is 12.7. The first-order valence-corrected chi connectivity index (χ1v) is 3.67. The predicted molar refractivity (Wildman–Crippen MR) is 41.9 cm³/mol. The minimum absolute atomic E-state index is 0.00454. The number of amides is 1. The first kappa shape index (κ1) is 8.27. The fraction of sp³-hybridized carbons (Fsp3) is 0.625. The van der Waals surface area contributed by atoms with Crippen molar-refractivity contribution in [3.63, 3.8) is 0 Å². The predicted octanol–water partition coefficient (Wildman–Crippen LogP) is 0.01000. The molecule has 0 saturated carbocycles. The van der Waals surface area contributed by atoms with Gasteiger partial charge in [0, 0.05) is 7.05 Å². The van der Waals surface area contributed by atoms with Gasteiger partial charge in [0.15, 0.2) is 0 Å². The lowest BCUT2D eigenvalue weighted by atomic mass is 9.84. The molecule has 3 nitrogen and oxygen atoms in total. The Kier molecular flexibility index (Phi) is 2.00. The van der Waals surface area contributed by atoms with Gasteiger partial charge in [0.1, 0.15) is 0 Å². The zero-order chi connectivity index (χ0) is 8.59. The zero-order valence-corrected chi connectivity index (χ0v) is 6.82. The summed E-state index contributed by atoms with van der Waals surface area (Å²) in [7, 11) is 1.72. The van der Waals surface area contributed by atoms with E-state index in [0.717, 1.165) is 0 Å². The maximum absolute atomic E-state index is 11.1. The van der Waals surface area contributed by atoms with Crippen molar-refractivity contribution in [1.29, 1.82) is 0 Å². The minimum Gasteiger partial charge on any atom is -0.392 e. The van der Waals surface area contributed by atoms with E-state index in [1.165, 1.54) is 0 Å². The first-order valence-electron chi connectivity index (χ1n) is 3.67. The van der Waals surface area contributed by atoms with Crippen molar-refractivity contribution in [2.75, 3.05) is 7.05 Å². The summed E-state index contributed by atoms with van der Waals surface area (Å²) in [5.41, 5.74) is 0. The molecule has 1 aliphatic rings.